The number of nitriles is 1. The molecule has 1 N–H and O–H groups in total. The molecule has 1 aliphatic heterocycles. The van der Waals surface area contributed by atoms with Crippen molar-refractivity contribution in [2.24, 2.45) is 5.92 Å². The van der Waals surface area contributed by atoms with E-state index in [9.17, 15) is 0 Å². The highest BCUT2D eigenvalue weighted by atomic mass is 16.5. The van der Waals surface area contributed by atoms with Gasteiger partial charge in [0.25, 0.3) is 0 Å². The summed E-state index contributed by atoms with van der Waals surface area (Å²) >= 11 is 0. The number of nitrogens with one attached hydrogen (secondary N) is 1. The second kappa shape index (κ2) is 7.67. The molecule has 1 fully saturated rings. The highest BCUT2D eigenvalue weighted by molar-refractivity contribution is 4.77. The molecular weight excluding hydrogens is 188 g/mol. The lowest BCUT2D eigenvalue weighted by atomic mass is 10.00. The van der Waals surface area contributed by atoms with Crippen LogP contribution in [0, 0.1) is 17.2 Å². The Morgan fingerprint density at radius 1 is 1.47 bits per heavy atom. The van der Waals surface area contributed by atoms with E-state index in [-0.39, 0.29) is 0 Å². The first-order chi connectivity index (χ1) is 7.38. The van der Waals surface area contributed by atoms with E-state index < -0.39 is 0 Å². The molecule has 0 spiro atoms. The van der Waals surface area contributed by atoms with Crippen LogP contribution in [-0.2, 0) is 4.74 Å². The van der Waals surface area contributed by atoms with Crippen molar-refractivity contribution in [2.75, 3.05) is 19.7 Å². The topological polar surface area (TPSA) is 45.0 Å². The number of unbranched alkanes of at least 4 members (excludes halogenated alkanes) is 2. The second-order valence-corrected chi connectivity index (χ2v) is 4.19. The number of hydrogen-bond acceptors (Lipinski definition) is 3. The number of nitrogens with zero attached hydrogens (tertiary/aromatic N) is 1. The van der Waals surface area contributed by atoms with Gasteiger partial charge >= 0.3 is 0 Å². The van der Waals surface area contributed by atoms with Crippen molar-refractivity contribution in [2.45, 2.75) is 45.1 Å². The first kappa shape index (κ1) is 12.5. The molecule has 1 rings (SSSR count). The Morgan fingerprint density at radius 2 is 2.33 bits per heavy atom. The second-order valence-electron chi connectivity index (χ2n) is 4.19. The first-order valence-corrected chi connectivity index (χ1v) is 6.07. The van der Waals surface area contributed by atoms with Gasteiger partial charge < -0.3 is 10.1 Å². The predicted octanol–water partition coefficient (Wildman–Crippen LogP) is 2.08. The van der Waals surface area contributed by atoms with E-state index in [0.717, 1.165) is 39.0 Å². The van der Waals surface area contributed by atoms with Gasteiger partial charge in [-0.3, -0.25) is 0 Å². The zero-order valence-electron chi connectivity index (χ0n) is 9.67. The van der Waals surface area contributed by atoms with Crippen LogP contribution in [0.3, 0.4) is 0 Å². The Labute approximate surface area is 92.8 Å². The van der Waals surface area contributed by atoms with Crippen LogP contribution in [0.5, 0.6) is 0 Å². The molecule has 0 saturated carbocycles. The fourth-order valence-corrected chi connectivity index (χ4v) is 2.12. The molecule has 0 aromatic carbocycles. The van der Waals surface area contributed by atoms with Crippen LogP contribution in [0.15, 0.2) is 0 Å². The van der Waals surface area contributed by atoms with Gasteiger partial charge in [0.2, 0.25) is 0 Å². The quantitative estimate of drug-likeness (QED) is 0.654. The first-order valence-electron chi connectivity index (χ1n) is 6.07. The Bertz CT molecular complexity index is 200. The van der Waals surface area contributed by atoms with Gasteiger partial charge in [-0.15, -0.1) is 0 Å². The van der Waals surface area contributed by atoms with E-state index in [0.29, 0.717) is 18.4 Å². The Balaban J connectivity index is 1.97. The summed E-state index contributed by atoms with van der Waals surface area (Å²) in [7, 11) is 0. The zero-order chi connectivity index (χ0) is 10.9. The number of hydrogen-bond donors (Lipinski definition) is 1. The van der Waals surface area contributed by atoms with Crippen molar-refractivity contribution in [3.05, 3.63) is 0 Å². The molecule has 15 heavy (non-hydrogen) atoms. The molecule has 0 bridgehead atoms. The van der Waals surface area contributed by atoms with Crippen molar-refractivity contribution in [1.29, 1.82) is 5.26 Å². The largest absolute Gasteiger partial charge is 0.378 e. The lowest BCUT2D eigenvalue weighted by Gasteiger charge is -2.17. The minimum Gasteiger partial charge on any atom is -0.378 e. The monoisotopic (exact) mass is 210 g/mol. The maximum Gasteiger partial charge on any atom is 0.0621 e. The summed E-state index contributed by atoms with van der Waals surface area (Å²) in [5.41, 5.74) is 0. The van der Waals surface area contributed by atoms with E-state index in [1.165, 1.54) is 6.42 Å². The molecule has 2 unspecified atom stereocenters. The van der Waals surface area contributed by atoms with Crippen molar-refractivity contribution in [3.8, 4) is 6.07 Å². The summed E-state index contributed by atoms with van der Waals surface area (Å²) < 4.78 is 5.63. The molecule has 1 heterocycles. The maximum absolute atomic E-state index is 8.38. The lowest BCUT2D eigenvalue weighted by Crippen LogP contribution is -2.28. The zero-order valence-corrected chi connectivity index (χ0v) is 9.67. The van der Waals surface area contributed by atoms with Gasteiger partial charge in [0.05, 0.1) is 12.2 Å². The molecule has 0 aromatic heterocycles. The molecule has 0 radical (unpaired) electrons. The normalized spacial score (nSPS) is 25.3. The summed E-state index contributed by atoms with van der Waals surface area (Å²) in [6.07, 6.45) is 5.60. The van der Waals surface area contributed by atoms with Crippen LogP contribution in [0.4, 0.5) is 0 Å². The maximum atomic E-state index is 8.38. The van der Waals surface area contributed by atoms with E-state index in [4.69, 9.17) is 10.00 Å². The smallest absolute Gasteiger partial charge is 0.0621 e. The Kier molecular flexibility index (Phi) is 6.38. The van der Waals surface area contributed by atoms with Crippen LogP contribution >= 0.6 is 0 Å². The lowest BCUT2D eigenvalue weighted by molar-refractivity contribution is 0.0873. The molecule has 0 aliphatic carbocycles. The van der Waals surface area contributed by atoms with E-state index in [2.05, 4.69) is 18.3 Å². The van der Waals surface area contributed by atoms with Gasteiger partial charge in [0.1, 0.15) is 0 Å². The van der Waals surface area contributed by atoms with E-state index in [1.54, 1.807) is 0 Å². The molecule has 1 saturated heterocycles. The third-order valence-electron chi connectivity index (χ3n) is 3.05. The minimum absolute atomic E-state index is 0.469. The van der Waals surface area contributed by atoms with E-state index in [1.807, 2.05) is 0 Å². The fourth-order valence-electron chi connectivity index (χ4n) is 2.12. The highest BCUT2D eigenvalue weighted by Gasteiger charge is 2.25. The van der Waals surface area contributed by atoms with Crippen LogP contribution in [0.25, 0.3) is 0 Å². The van der Waals surface area contributed by atoms with Gasteiger partial charge in [-0.2, -0.15) is 5.26 Å². The summed E-state index contributed by atoms with van der Waals surface area (Å²) in [5, 5.41) is 11.8. The summed E-state index contributed by atoms with van der Waals surface area (Å²) in [6, 6.07) is 2.17. The predicted molar refractivity (Wildman–Crippen MR) is 60.5 cm³/mol. The SMILES string of the molecule is CCC1OCCC1CNCCCCC#N. The summed E-state index contributed by atoms with van der Waals surface area (Å²) in [4.78, 5) is 0. The highest BCUT2D eigenvalue weighted by Crippen LogP contribution is 2.22. The average Bonchev–Trinajstić information content (AvgIpc) is 2.70. The Morgan fingerprint density at radius 3 is 3.07 bits per heavy atom. The van der Waals surface area contributed by atoms with Gasteiger partial charge in [-0.25, -0.2) is 0 Å². The van der Waals surface area contributed by atoms with Crippen molar-refractivity contribution >= 4 is 0 Å². The van der Waals surface area contributed by atoms with Crippen LogP contribution < -0.4 is 5.32 Å². The van der Waals surface area contributed by atoms with Gasteiger partial charge in [-0.05, 0) is 38.1 Å². The summed E-state index contributed by atoms with van der Waals surface area (Å²) in [6.45, 7) is 5.23. The molecule has 0 aromatic rings. The Hall–Kier alpha value is -0.590. The van der Waals surface area contributed by atoms with Gasteiger partial charge in [0.15, 0.2) is 0 Å². The fraction of sp³-hybridized carbons (Fsp3) is 0.917. The minimum atomic E-state index is 0.469. The average molecular weight is 210 g/mol. The van der Waals surface area contributed by atoms with Gasteiger partial charge in [-0.1, -0.05) is 6.92 Å². The van der Waals surface area contributed by atoms with Gasteiger partial charge in [0, 0.05) is 19.6 Å². The molecule has 2 atom stereocenters. The van der Waals surface area contributed by atoms with Crippen LogP contribution in [0.1, 0.15) is 39.0 Å². The molecule has 3 heteroatoms. The van der Waals surface area contributed by atoms with Crippen LogP contribution in [0.2, 0.25) is 0 Å². The third-order valence-corrected chi connectivity index (χ3v) is 3.05. The number of ether oxygens (including phenoxy) is 1. The standard InChI is InChI=1S/C12H22N2O/c1-2-12-11(6-9-15-12)10-14-8-5-3-4-7-13/h11-12,14H,2-6,8-10H2,1H3. The van der Waals surface area contributed by atoms with Crippen LogP contribution in [-0.4, -0.2) is 25.8 Å². The molecule has 0 amide bonds. The van der Waals surface area contributed by atoms with E-state index >= 15 is 0 Å². The molecular formula is C12H22N2O. The molecule has 1 aliphatic rings. The molecule has 86 valence electrons. The third kappa shape index (κ3) is 4.63. The van der Waals surface area contributed by atoms with Crippen molar-refractivity contribution in [3.63, 3.8) is 0 Å². The summed E-state index contributed by atoms with van der Waals surface area (Å²) in [5.74, 6) is 0.700. The molecule has 3 nitrogen and oxygen atoms in total. The van der Waals surface area contributed by atoms with Crippen molar-refractivity contribution < 1.29 is 4.74 Å². The van der Waals surface area contributed by atoms with Crippen molar-refractivity contribution in [1.82, 2.24) is 5.32 Å². The number of rotatable bonds is 7.